The first-order chi connectivity index (χ1) is 5.69. The Bertz CT molecular complexity index is 132. The van der Waals surface area contributed by atoms with Gasteiger partial charge in [-0.15, -0.1) is 0 Å². The third-order valence-electron chi connectivity index (χ3n) is 2.74. The fourth-order valence-electron chi connectivity index (χ4n) is 1.92. The standard InChI is InChI=1S/C9H19FN2.H2/c1-4-12-6-7(2)11-9(5-10)8(12)3;/h7-9,11H,4-6H2,1-3H3;1H/t7-,8-,9-;/m1./s1. The Morgan fingerprint density at radius 3 is 2.75 bits per heavy atom. The quantitative estimate of drug-likeness (QED) is 0.681. The van der Waals surface area contributed by atoms with Gasteiger partial charge in [0.25, 0.3) is 0 Å². The fraction of sp³-hybridized carbons (Fsp3) is 1.00. The van der Waals surface area contributed by atoms with Crippen molar-refractivity contribution in [3.05, 3.63) is 0 Å². The summed E-state index contributed by atoms with van der Waals surface area (Å²) in [4.78, 5) is 2.32. The highest BCUT2D eigenvalue weighted by Gasteiger charge is 2.29. The first-order valence-electron chi connectivity index (χ1n) is 4.75. The van der Waals surface area contributed by atoms with Crippen LogP contribution in [0.15, 0.2) is 0 Å². The molecule has 1 aliphatic rings. The smallest absolute Gasteiger partial charge is 0.106 e. The number of piperazine rings is 1. The van der Waals surface area contributed by atoms with Crippen molar-refractivity contribution in [2.45, 2.75) is 38.9 Å². The van der Waals surface area contributed by atoms with E-state index in [1.807, 2.05) is 0 Å². The van der Waals surface area contributed by atoms with Crippen molar-refractivity contribution >= 4 is 0 Å². The van der Waals surface area contributed by atoms with Crippen LogP contribution < -0.4 is 5.32 Å². The molecule has 1 aliphatic heterocycles. The number of nitrogens with one attached hydrogen (secondary N) is 1. The van der Waals surface area contributed by atoms with E-state index < -0.39 is 0 Å². The molecule has 12 heavy (non-hydrogen) atoms. The van der Waals surface area contributed by atoms with Crippen molar-refractivity contribution in [2.75, 3.05) is 19.8 Å². The Kier molecular flexibility index (Phi) is 3.47. The maximum Gasteiger partial charge on any atom is 0.106 e. The summed E-state index contributed by atoms with van der Waals surface area (Å²) in [6.45, 7) is 8.12. The van der Waals surface area contributed by atoms with Crippen LogP contribution in [0.5, 0.6) is 0 Å². The van der Waals surface area contributed by atoms with Gasteiger partial charge >= 0.3 is 0 Å². The largest absolute Gasteiger partial charge is 0.306 e. The Morgan fingerprint density at radius 1 is 1.58 bits per heavy atom. The van der Waals surface area contributed by atoms with Crippen LogP contribution in [0.1, 0.15) is 22.2 Å². The zero-order valence-electron chi connectivity index (χ0n) is 8.18. The third kappa shape index (κ3) is 1.96. The summed E-state index contributed by atoms with van der Waals surface area (Å²) in [5.41, 5.74) is 0. The fourth-order valence-corrected chi connectivity index (χ4v) is 1.92. The first-order valence-corrected chi connectivity index (χ1v) is 4.75. The molecule has 1 heterocycles. The molecule has 0 saturated carbocycles. The number of rotatable bonds is 2. The summed E-state index contributed by atoms with van der Waals surface area (Å²) in [6, 6.07) is 0.770. The molecule has 0 amide bonds. The molecule has 1 fully saturated rings. The lowest BCUT2D eigenvalue weighted by atomic mass is 10.0. The zero-order valence-corrected chi connectivity index (χ0v) is 8.18. The molecule has 0 aromatic heterocycles. The van der Waals surface area contributed by atoms with Crippen LogP contribution in [0.3, 0.4) is 0 Å². The highest BCUT2D eigenvalue weighted by molar-refractivity contribution is 4.89. The second kappa shape index (κ2) is 4.19. The lowest BCUT2D eigenvalue weighted by Crippen LogP contribution is -2.61. The van der Waals surface area contributed by atoms with Crippen molar-refractivity contribution in [3.8, 4) is 0 Å². The van der Waals surface area contributed by atoms with Crippen LogP contribution in [-0.4, -0.2) is 42.8 Å². The summed E-state index contributed by atoms with van der Waals surface area (Å²) in [6.07, 6.45) is 0. The predicted octanol–water partition coefficient (Wildman–Crippen LogP) is 1.27. The van der Waals surface area contributed by atoms with Crippen molar-refractivity contribution in [2.24, 2.45) is 0 Å². The normalized spacial score (nSPS) is 38.5. The number of hydrogen-bond acceptors (Lipinski definition) is 2. The Morgan fingerprint density at radius 2 is 2.25 bits per heavy atom. The van der Waals surface area contributed by atoms with Crippen molar-refractivity contribution in [3.63, 3.8) is 0 Å². The highest BCUT2D eigenvalue weighted by atomic mass is 19.1. The molecule has 3 atom stereocenters. The summed E-state index contributed by atoms with van der Waals surface area (Å²) in [7, 11) is 0. The molecule has 0 unspecified atom stereocenters. The molecule has 0 radical (unpaired) electrons. The van der Waals surface area contributed by atoms with E-state index >= 15 is 0 Å². The minimum absolute atomic E-state index is 0. The summed E-state index contributed by atoms with van der Waals surface area (Å²) in [5, 5.41) is 3.26. The van der Waals surface area contributed by atoms with Crippen LogP contribution in [0, 0.1) is 0 Å². The van der Waals surface area contributed by atoms with E-state index in [4.69, 9.17) is 0 Å². The summed E-state index contributed by atoms with van der Waals surface area (Å²) in [5.74, 6) is 0. The third-order valence-corrected chi connectivity index (χ3v) is 2.74. The SMILES string of the molecule is CCN1C[C@@H](C)N[C@H](CF)[C@H]1C.[HH]. The van der Waals surface area contributed by atoms with Crippen LogP contribution >= 0.6 is 0 Å². The number of alkyl halides is 1. The molecule has 1 saturated heterocycles. The van der Waals surface area contributed by atoms with Gasteiger partial charge in [-0.25, -0.2) is 4.39 Å². The maximum atomic E-state index is 12.5. The molecule has 74 valence electrons. The molecular formula is C9H21FN2. The van der Waals surface area contributed by atoms with Crippen LogP contribution in [0.2, 0.25) is 0 Å². The molecule has 0 aliphatic carbocycles. The van der Waals surface area contributed by atoms with Gasteiger partial charge in [-0.1, -0.05) is 6.92 Å². The molecule has 0 spiro atoms. The van der Waals surface area contributed by atoms with Crippen molar-refractivity contribution in [1.29, 1.82) is 0 Å². The molecular weight excluding hydrogens is 155 g/mol. The second-order valence-corrected chi connectivity index (χ2v) is 3.66. The molecule has 0 aromatic carbocycles. The van der Waals surface area contributed by atoms with Gasteiger partial charge in [0, 0.05) is 20.1 Å². The van der Waals surface area contributed by atoms with Crippen LogP contribution in [-0.2, 0) is 0 Å². The van der Waals surface area contributed by atoms with E-state index in [9.17, 15) is 4.39 Å². The summed E-state index contributed by atoms with van der Waals surface area (Å²) >= 11 is 0. The van der Waals surface area contributed by atoms with Gasteiger partial charge < -0.3 is 5.32 Å². The molecule has 0 aromatic rings. The number of halogens is 1. The molecule has 1 N–H and O–H groups in total. The van der Waals surface area contributed by atoms with Gasteiger partial charge in [0.2, 0.25) is 0 Å². The van der Waals surface area contributed by atoms with Gasteiger partial charge in [-0.2, -0.15) is 0 Å². The Labute approximate surface area is 75.6 Å². The van der Waals surface area contributed by atoms with E-state index in [1.165, 1.54) is 0 Å². The van der Waals surface area contributed by atoms with Crippen LogP contribution in [0.4, 0.5) is 4.39 Å². The topological polar surface area (TPSA) is 15.3 Å². The van der Waals surface area contributed by atoms with Crippen molar-refractivity contribution < 1.29 is 5.82 Å². The van der Waals surface area contributed by atoms with E-state index in [1.54, 1.807) is 0 Å². The van der Waals surface area contributed by atoms with E-state index in [0.717, 1.165) is 13.1 Å². The maximum absolute atomic E-state index is 12.5. The molecule has 2 nitrogen and oxygen atoms in total. The molecule has 3 heteroatoms. The highest BCUT2D eigenvalue weighted by Crippen LogP contribution is 2.12. The van der Waals surface area contributed by atoms with E-state index in [2.05, 4.69) is 31.0 Å². The minimum atomic E-state index is -0.262. The second-order valence-electron chi connectivity index (χ2n) is 3.66. The first kappa shape index (κ1) is 9.93. The lowest BCUT2D eigenvalue weighted by Gasteiger charge is -2.41. The number of hydrogen-bond donors (Lipinski definition) is 1. The van der Waals surface area contributed by atoms with Crippen LogP contribution in [0.25, 0.3) is 0 Å². The van der Waals surface area contributed by atoms with Gasteiger partial charge in [0.1, 0.15) is 6.67 Å². The Hall–Kier alpha value is -0.150. The van der Waals surface area contributed by atoms with Crippen molar-refractivity contribution in [1.82, 2.24) is 10.2 Å². The summed E-state index contributed by atoms with van der Waals surface area (Å²) < 4.78 is 12.5. The van der Waals surface area contributed by atoms with E-state index in [-0.39, 0.29) is 14.1 Å². The molecule has 1 rings (SSSR count). The number of nitrogens with zero attached hydrogens (tertiary/aromatic N) is 1. The monoisotopic (exact) mass is 176 g/mol. The average molecular weight is 176 g/mol. The van der Waals surface area contributed by atoms with Gasteiger partial charge in [-0.3, -0.25) is 4.90 Å². The van der Waals surface area contributed by atoms with Gasteiger partial charge in [-0.05, 0) is 20.4 Å². The average Bonchev–Trinajstić information content (AvgIpc) is 2.08. The Balaban J connectivity index is 0.00000144. The molecule has 0 bridgehead atoms. The van der Waals surface area contributed by atoms with E-state index in [0.29, 0.717) is 12.1 Å². The zero-order chi connectivity index (χ0) is 9.14. The number of likely N-dealkylation sites (N-methyl/N-ethyl adjacent to an activating group) is 1. The predicted molar refractivity (Wildman–Crippen MR) is 51.2 cm³/mol. The lowest BCUT2D eigenvalue weighted by molar-refractivity contribution is 0.0976. The minimum Gasteiger partial charge on any atom is -0.306 e. The van der Waals surface area contributed by atoms with Gasteiger partial charge in [0.15, 0.2) is 0 Å². The van der Waals surface area contributed by atoms with Gasteiger partial charge in [0.05, 0.1) is 6.04 Å².